The number of halogens is 1. The summed E-state index contributed by atoms with van der Waals surface area (Å²) >= 11 is 3.38. The molecule has 0 radical (unpaired) electrons. The molecule has 3 N–H and O–H groups in total. The Labute approximate surface area is 134 Å². The average molecular weight is 362 g/mol. The van der Waals surface area contributed by atoms with Gasteiger partial charge in [0.2, 0.25) is 0 Å². The molecule has 1 aromatic rings. The van der Waals surface area contributed by atoms with Crippen LogP contribution in [-0.4, -0.2) is 64.8 Å². The number of benzene rings is 1. The topological polar surface area (TPSA) is 73.2 Å². The van der Waals surface area contributed by atoms with Gasteiger partial charge in [-0.15, -0.1) is 0 Å². The van der Waals surface area contributed by atoms with E-state index in [2.05, 4.69) is 15.9 Å². The van der Waals surface area contributed by atoms with Crippen molar-refractivity contribution in [3.8, 4) is 5.75 Å². The van der Waals surface area contributed by atoms with Crippen molar-refractivity contribution in [3.05, 3.63) is 28.7 Å². The molecule has 0 fully saturated rings. The van der Waals surface area contributed by atoms with Crippen LogP contribution in [0.1, 0.15) is 13.8 Å². The first-order chi connectivity index (χ1) is 9.88. The molecule has 0 saturated carbocycles. The van der Waals surface area contributed by atoms with E-state index < -0.39 is 18.3 Å². The van der Waals surface area contributed by atoms with Gasteiger partial charge in [0.25, 0.3) is 0 Å². The Balaban J connectivity index is 2.46. The lowest BCUT2D eigenvalue weighted by molar-refractivity contribution is 0.0299. The molecule has 1 rings (SSSR count). The van der Waals surface area contributed by atoms with E-state index in [1.54, 1.807) is 13.8 Å². The molecule has 0 spiro atoms. The molecule has 1 aromatic carbocycles. The summed E-state index contributed by atoms with van der Waals surface area (Å²) in [4.78, 5) is 1.82. The molecule has 0 aromatic heterocycles. The first-order valence-electron chi connectivity index (χ1n) is 7.02. The predicted molar refractivity (Wildman–Crippen MR) is 85.4 cm³/mol. The van der Waals surface area contributed by atoms with E-state index in [1.807, 2.05) is 29.2 Å². The van der Waals surface area contributed by atoms with Gasteiger partial charge in [-0.05, 0) is 41.9 Å². The summed E-state index contributed by atoms with van der Waals surface area (Å²) in [5.74, 6) is 0.675. The van der Waals surface area contributed by atoms with Crippen molar-refractivity contribution >= 4 is 15.9 Å². The van der Waals surface area contributed by atoms with Crippen LogP contribution >= 0.6 is 15.9 Å². The van der Waals surface area contributed by atoms with E-state index in [0.717, 1.165) is 4.47 Å². The van der Waals surface area contributed by atoms with Crippen LogP contribution in [0.3, 0.4) is 0 Å². The van der Waals surface area contributed by atoms with Gasteiger partial charge in [0.05, 0.1) is 16.7 Å². The van der Waals surface area contributed by atoms with E-state index in [-0.39, 0.29) is 6.61 Å². The molecule has 5 nitrogen and oxygen atoms in total. The van der Waals surface area contributed by atoms with Gasteiger partial charge in [-0.2, -0.15) is 0 Å². The van der Waals surface area contributed by atoms with Crippen molar-refractivity contribution in [2.24, 2.45) is 0 Å². The Morgan fingerprint density at radius 3 is 2.14 bits per heavy atom. The quantitative estimate of drug-likeness (QED) is 0.617. The van der Waals surface area contributed by atoms with Gasteiger partial charge in [-0.3, -0.25) is 4.90 Å². The van der Waals surface area contributed by atoms with E-state index >= 15 is 0 Å². The van der Waals surface area contributed by atoms with E-state index in [4.69, 9.17) is 4.74 Å². The second-order valence-electron chi connectivity index (χ2n) is 5.31. The third kappa shape index (κ3) is 7.78. The lowest BCUT2D eigenvalue weighted by Crippen LogP contribution is -2.42. The fraction of sp³-hybridized carbons (Fsp3) is 0.600. The van der Waals surface area contributed by atoms with Crippen LogP contribution in [-0.2, 0) is 0 Å². The monoisotopic (exact) mass is 361 g/mol. The summed E-state index contributed by atoms with van der Waals surface area (Å²) in [6.07, 6.45) is -1.73. The predicted octanol–water partition coefficient (Wildman–Crippen LogP) is 1.25. The molecule has 0 aliphatic carbocycles. The second-order valence-corrected chi connectivity index (χ2v) is 6.17. The normalized spacial score (nSPS) is 15.8. The Bertz CT molecular complexity index is 404. The van der Waals surface area contributed by atoms with Gasteiger partial charge in [-0.25, -0.2) is 0 Å². The summed E-state index contributed by atoms with van der Waals surface area (Å²) in [7, 11) is 0. The van der Waals surface area contributed by atoms with Crippen molar-refractivity contribution in [1.82, 2.24) is 4.90 Å². The molecule has 0 aliphatic rings. The molecule has 0 saturated heterocycles. The molecular weight excluding hydrogens is 338 g/mol. The first-order valence-corrected chi connectivity index (χ1v) is 7.81. The van der Waals surface area contributed by atoms with Crippen LogP contribution in [0.2, 0.25) is 0 Å². The molecule has 0 bridgehead atoms. The Hall–Kier alpha value is -0.660. The number of aliphatic hydroxyl groups is 3. The minimum Gasteiger partial charge on any atom is -0.490 e. The average Bonchev–Trinajstić information content (AvgIpc) is 2.36. The van der Waals surface area contributed by atoms with Gasteiger partial charge < -0.3 is 20.1 Å². The van der Waals surface area contributed by atoms with Crippen LogP contribution in [0.4, 0.5) is 0 Å². The number of para-hydroxylation sites is 1. The molecular formula is C15H24BrNO4. The van der Waals surface area contributed by atoms with Gasteiger partial charge in [-0.1, -0.05) is 12.1 Å². The zero-order valence-corrected chi connectivity index (χ0v) is 14.0. The largest absolute Gasteiger partial charge is 0.490 e. The first kappa shape index (κ1) is 18.4. The number of rotatable bonds is 9. The highest BCUT2D eigenvalue weighted by molar-refractivity contribution is 9.10. The SMILES string of the molecule is C[C@@H](O)CN(C[C@H](O)COc1ccccc1Br)C[C@@H](C)O. The molecule has 21 heavy (non-hydrogen) atoms. The van der Waals surface area contributed by atoms with Gasteiger partial charge in [0.15, 0.2) is 0 Å². The maximum absolute atomic E-state index is 10.1. The minimum absolute atomic E-state index is 0.152. The number of nitrogens with zero attached hydrogens (tertiary/aromatic N) is 1. The Morgan fingerprint density at radius 1 is 1.05 bits per heavy atom. The van der Waals surface area contributed by atoms with Crippen molar-refractivity contribution in [1.29, 1.82) is 0 Å². The molecule has 6 heteroatoms. The molecule has 0 heterocycles. The lowest BCUT2D eigenvalue weighted by atomic mass is 10.2. The molecule has 0 unspecified atom stereocenters. The van der Waals surface area contributed by atoms with Gasteiger partial charge in [0, 0.05) is 19.6 Å². The van der Waals surface area contributed by atoms with Gasteiger partial charge in [0.1, 0.15) is 18.5 Å². The Kier molecular flexibility index (Phi) is 8.21. The summed E-state index contributed by atoms with van der Waals surface area (Å²) in [5.41, 5.74) is 0. The van der Waals surface area contributed by atoms with Crippen LogP contribution in [0.5, 0.6) is 5.75 Å². The van der Waals surface area contributed by atoms with Crippen molar-refractivity contribution in [2.75, 3.05) is 26.2 Å². The van der Waals surface area contributed by atoms with E-state index in [0.29, 0.717) is 25.4 Å². The maximum Gasteiger partial charge on any atom is 0.133 e. The van der Waals surface area contributed by atoms with E-state index in [1.165, 1.54) is 0 Å². The van der Waals surface area contributed by atoms with Crippen LogP contribution in [0.15, 0.2) is 28.7 Å². The molecule has 0 amide bonds. The van der Waals surface area contributed by atoms with Crippen molar-refractivity contribution in [3.63, 3.8) is 0 Å². The highest BCUT2D eigenvalue weighted by Crippen LogP contribution is 2.23. The smallest absolute Gasteiger partial charge is 0.133 e. The van der Waals surface area contributed by atoms with Crippen LogP contribution in [0.25, 0.3) is 0 Å². The number of hydrogen-bond acceptors (Lipinski definition) is 5. The standard InChI is InChI=1S/C15H24BrNO4/c1-11(18)7-17(8-12(2)19)9-13(20)10-21-15-6-4-3-5-14(15)16/h3-6,11-13,18-20H,7-10H2,1-2H3/t11-,12-,13+/m1/s1. The minimum atomic E-state index is -0.699. The maximum atomic E-state index is 10.1. The highest BCUT2D eigenvalue weighted by Gasteiger charge is 2.16. The van der Waals surface area contributed by atoms with Crippen LogP contribution < -0.4 is 4.74 Å². The highest BCUT2D eigenvalue weighted by atomic mass is 79.9. The van der Waals surface area contributed by atoms with Crippen molar-refractivity contribution in [2.45, 2.75) is 32.2 Å². The lowest BCUT2D eigenvalue weighted by Gasteiger charge is -2.27. The zero-order chi connectivity index (χ0) is 15.8. The summed E-state index contributed by atoms with van der Waals surface area (Å²) < 4.78 is 6.40. The van der Waals surface area contributed by atoms with E-state index in [9.17, 15) is 15.3 Å². The molecule has 3 atom stereocenters. The van der Waals surface area contributed by atoms with Gasteiger partial charge >= 0.3 is 0 Å². The summed E-state index contributed by atoms with van der Waals surface area (Å²) in [6.45, 7) is 4.64. The zero-order valence-electron chi connectivity index (χ0n) is 12.4. The third-order valence-electron chi connectivity index (χ3n) is 2.78. The third-order valence-corrected chi connectivity index (χ3v) is 3.44. The second kappa shape index (κ2) is 9.38. The fourth-order valence-corrected chi connectivity index (χ4v) is 2.47. The molecule has 120 valence electrons. The number of ether oxygens (including phenoxy) is 1. The summed E-state index contributed by atoms with van der Waals surface area (Å²) in [6, 6.07) is 7.44. The fourth-order valence-electron chi connectivity index (χ4n) is 2.07. The molecule has 0 aliphatic heterocycles. The number of hydrogen-bond donors (Lipinski definition) is 3. The summed E-state index contributed by atoms with van der Waals surface area (Å²) in [5, 5.41) is 29.0. The number of aliphatic hydroxyl groups excluding tert-OH is 3. The van der Waals surface area contributed by atoms with Crippen LogP contribution in [0, 0.1) is 0 Å². The van der Waals surface area contributed by atoms with Crippen molar-refractivity contribution < 1.29 is 20.1 Å². The Morgan fingerprint density at radius 2 is 1.62 bits per heavy atom.